The lowest BCUT2D eigenvalue weighted by molar-refractivity contribution is 0.232. The van der Waals surface area contributed by atoms with E-state index >= 15 is 0 Å². The Hall–Kier alpha value is -2.89. The average molecular weight is 385 g/mol. The van der Waals surface area contributed by atoms with E-state index in [4.69, 9.17) is 15.2 Å². The molecule has 148 valence electrons. The number of hydrogen-bond acceptors (Lipinski definition) is 8. The third-order valence-corrected chi connectivity index (χ3v) is 5.35. The maximum absolute atomic E-state index is 12.9. The van der Waals surface area contributed by atoms with Crippen molar-refractivity contribution in [2.24, 2.45) is 17.9 Å². The number of piperazine rings is 1. The molecular formula is C17H23N9O2. The number of imidazole rings is 1. The molecule has 3 aromatic rings. The van der Waals surface area contributed by atoms with Gasteiger partial charge in [-0.1, -0.05) is 0 Å². The highest BCUT2D eigenvalue weighted by Crippen LogP contribution is 2.26. The van der Waals surface area contributed by atoms with Crippen LogP contribution in [0.15, 0.2) is 32.6 Å². The fourth-order valence-electron chi connectivity index (χ4n) is 3.87. The molecule has 28 heavy (non-hydrogen) atoms. The summed E-state index contributed by atoms with van der Waals surface area (Å²) in [5, 5.41) is 4.83. The van der Waals surface area contributed by atoms with Crippen LogP contribution in [0.2, 0.25) is 0 Å². The lowest BCUT2D eigenvalue weighted by Gasteiger charge is -2.26. The predicted octanol–water partition coefficient (Wildman–Crippen LogP) is -1.18. The molecule has 0 saturated carbocycles. The molecule has 11 nitrogen and oxygen atoms in total. The zero-order valence-electron chi connectivity index (χ0n) is 15.7. The van der Waals surface area contributed by atoms with E-state index < -0.39 is 0 Å². The van der Waals surface area contributed by atoms with E-state index in [1.165, 1.54) is 5.01 Å². The van der Waals surface area contributed by atoms with Crippen molar-refractivity contribution in [1.82, 2.24) is 29.0 Å². The third-order valence-electron chi connectivity index (χ3n) is 5.35. The third kappa shape index (κ3) is 2.58. The molecular weight excluding hydrogens is 362 g/mol. The number of aliphatic imine (C=N–C) groups is 1. The Morgan fingerprint density at radius 1 is 1.29 bits per heavy atom. The number of hydrazine groups is 1. The predicted molar refractivity (Wildman–Crippen MR) is 104 cm³/mol. The smallest absolute Gasteiger partial charge is 0.345 e. The summed E-state index contributed by atoms with van der Waals surface area (Å²) in [6.07, 6.45) is 1.60. The van der Waals surface area contributed by atoms with Gasteiger partial charge in [0.15, 0.2) is 11.6 Å². The van der Waals surface area contributed by atoms with Gasteiger partial charge in [-0.05, 0) is 12.1 Å². The fourth-order valence-corrected chi connectivity index (χ4v) is 3.87. The van der Waals surface area contributed by atoms with Crippen LogP contribution in [0.1, 0.15) is 11.5 Å². The number of nitrogens with two attached hydrogens (primary N) is 1. The van der Waals surface area contributed by atoms with Gasteiger partial charge < -0.3 is 9.73 Å². The first-order valence-corrected chi connectivity index (χ1v) is 9.37. The van der Waals surface area contributed by atoms with Crippen molar-refractivity contribution in [2.45, 2.75) is 6.54 Å². The van der Waals surface area contributed by atoms with Gasteiger partial charge in [-0.15, -0.1) is 0 Å². The summed E-state index contributed by atoms with van der Waals surface area (Å²) in [7, 11) is 1.73. The molecule has 0 radical (unpaired) electrons. The van der Waals surface area contributed by atoms with Crippen LogP contribution in [0.3, 0.4) is 0 Å². The Morgan fingerprint density at radius 3 is 2.86 bits per heavy atom. The Kier molecular flexibility index (Phi) is 4.07. The molecule has 0 bridgehead atoms. The first kappa shape index (κ1) is 17.2. The molecule has 3 aromatic heterocycles. The van der Waals surface area contributed by atoms with Crippen LogP contribution in [0.4, 0.5) is 5.82 Å². The number of nitrogens with one attached hydrogen (secondary N) is 1. The normalized spacial score (nSPS) is 17.9. The summed E-state index contributed by atoms with van der Waals surface area (Å²) in [6.45, 7) is 5.55. The van der Waals surface area contributed by atoms with Gasteiger partial charge in [-0.25, -0.2) is 19.8 Å². The number of fused-ring (bicyclic) bond motifs is 3. The molecule has 2 aliphatic heterocycles. The van der Waals surface area contributed by atoms with E-state index in [1.807, 2.05) is 12.1 Å². The van der Waals surface area contributed by atoms with Crippen LogP contribution in [-0.2, 0) is 13.6 Å². The van der Waals surface area contributed by atoms with E-state index in [9.17, 15) is 4.79 Å². The Bertz CT molecular complexity index is 1080. The second-order valence-corrected chi connectivity index (χ2v) is 7.04. The van der Waals surface area contributed by atoms with Crippen LogP contribution in [0.25, 0.3) is 5.78 Å². The number of furan rings is 1. The van der Waals surface area contributed by atoms with Gasteiger partial charge in [-0.3, -0.25) is 19.5 Å². The quantitative estimate of drug-likeness (QED) is 0.544. The number of aryl methyl sites for hydroxylation is 1. The van der Waals surface area contributed by atoms with Gasteiger partial charge in [0.2, 0.25) is 5.78 Å². The molecule has 11 heteroatoms. The van der Waals surface area contributed by atoms with Crippen molar-refractivity contribution in [2.75, 3.05) is 44.4 Å². The van der Waals surface area contributed by atoms with Gasteiger partial charge in [-0.2, -0.15) is 4.98 Å². The highest BCUT2D eigenvalue weighted by molar-refractivity contribution is 6.14. The van der Waals surface area contributed by atoms with Gasteiger partial charge >= 0.3 is 5.69 Å². The first-order valence-electron chi connectivity index (χ1n) is 9.37. The molecule has 1 saturated heterocycles. The zero-order valence-corrected chi connectivity index (χ0v) is 15.7. The summed E-state index contributed by atoms with van der Waals surface area (Å²) in [5.41, 5.74) is 1.19. The second-order valence-electron chi connectivity index (χ2n) is 7.04. The van der Waals surface area contributed by atoms with Gasteiger partial charge in [0.1, 0.15) is 18.1 Å². The molecule has 0 aliphatic carbocycles. The molecule has 0 unspecified atom stereocenters. The van der Waals surface area contributed by atoms with Crippen LogP contribution >= 0.6 is 0 Å². The van der Waals surface area contributed by atoms with Crippen LogP contribution in [-0.4, -0.2) is 68.8 Å². The highest BCUT2D eigenvalue weighted by Gasteiger charge is 2.31. The zero-order chi connectivity index (χ0) is 19.3. The SMILES string of the molecule is Cn1c(=O)n(CCN2CCNCC2)c2nc3c(n21)C(c1ccco1)=NCN3N. The average Bonchev–Trinajstić information content (AvgIpc) is 3.41. The maximum atomic E-state index is 12.9. The minimum absolute atomic E-state index is 0.117. The number of nitrogens with zero attached hydrogens (tertiary/aromatic N) is 7. The van der Waals surface area contributed by atoms with Gasteiger partial charge in [0, 0.05) is 46.3 Å². The van der Waals surface area contributed by atoms with E-state index in [-0.39, 0.29) is 12.4 Å². The molecule has 3 N–H and O–H groups in total. The van der Waals surface area contributed by atoms with Crippen LogP contribution < -0.4 is 21.9 Å². The lowest BCUT2D eigenvalue weighted by Crippen LogP contribution is -2.45. The van der Waals surface area contributed by atoms with Crippen molar-refractivity contribution in [3.05, 3.63) is 40.3 Å². The van der Waals surface area contributed by atoms with Gasteiger partial charge in [0.25, 0.3) is 0 Å². The second kappa shape index (κ2) is 6.62. The van der Waals surface area contributed by atoms with E-state index in [1.54, 1.807) is 27.1 Å². The monoisotopic (exact) mass is 385 g/mol. The Balaban J connectivity index is 1.59. The number of hydrogen-bond donors (Lipinski definition) is 2. The molecule has 5 heterocycles. The largest absolute Gasteiger partial charge is 0.463 e. The molecule has 2 aliphatic rings. The first-order chi connectivity index (χ1) is 13.6. The van der Waals surface area contributed by atoms with Crippen molar-refractivity contribution >= 4 is 17.3 Å². The lowest BCUT2D eigenvalue weighted by atomic mass is 10.2. The molecule has 0 spiro atoms. The van der Waals surface area contributed by atoms with Crippen molar-refractivity contribution < 1.29 is 4.42 Å². The van der Waals surface area contributed by atoms with Crippen molar-refractivity contribution in [1.29, 1.82) is 0 Å². The van der Waals surface area contributed by atoms with Crippen LogP contribution in [0.5, 0.6) is 0 Å². The molecule has 0 aromatic carbocycles. The van der Waals surface area contributed by atoms with E-state index in [0.717, 1.165) is 32.7 Å². The number of rotatable bonds is 4. The summed E-state index contributed by atoms with van der Waals surface area (Å²) < 4.78 is 10.6. The topological polar surface area (TPSA) is 114 Å². The Morgan fingerprint density at radius 2 is 2.11 bits per heavy atom. The standard InChI is InChI=1S/C17H23N9O2/c1-22-17(27)24(9-8-23-6-4-19-5-7-23)16-21-15-14(26(16)22)13(20-11-25(15)18)12-3-2-10-28-12/h2-3,10,19H,4-9,11,18H2,1H3. The Labute approximate surface area is 160 Å². The summed E-state index contributed by atoms with van der Waals surface area (Å²) >= 11 is 0. The molecule has 1 fully saturated rings. The summed E-state index contributed by atoms with van der Waals surface area (Å²) in [5.74, 6) is 7.89. The molecule has 0 amide bonds. The van der Waals surface area contributed by atoms with Crippen molar-refractivity contribution in [3.63, 3.8) is 0 Å². The van der Waals surface area contributed by atoms with Crippen LogP contribution in [0, 0.1) is 0 Å². The van der Waals surface area contributed by atoms with E-state index in [2.05, 4.69) is 15.2 Å². The summed E-state index contributed by atoms with van der Waals surface area (Å²) in [4.78, 5) is 24.5. The molecule has 0 atom stereocenters. The highest BCUT2D eigenvalue weighted by atomic mass is 16.3. The number of aromatic nitrogens is 4. The molecule has 5 rings (SSSR count). The minimum Gasteiger partial charge on any atom is -0.463 e. The summed E-state index contributed by atoms with van der Waals surface area (Å²) in [6, 6.07) is 3.65. The van der Waals surface area contributed by atoms with E-state index in [0.29, 0.717) is 35.3 Å². The number of anilines is 1. The minimum atomic E-state index is -0.117. The van der Waals surface area contributed by atoms with Gasteiger partial charge in [0.05, 0.1) is 6.26 Å². The van der Waals surface area contributed by atoms with Crippen molar-refractivity contribution in [3.8, 4) is 0 Å². The maximum Gasteiger partial charge on any atom is 0.345 e. The fraction of sp³-hybridized carbons (Fsp3) is 0.471.